The van der Waals surface area contributed by atoms with Gasteiger partial charge in [-0.1, -0.05) is 54.6 Å². The number of amides is 1. The molecule has 0 fully saturated rings. The van der Waals surface area contributed by atoms with Crippen LogP contribution in [0, 0.1) is 6.92 Å². The number of thiophene rings is 1. The van der Waals surface area contributed by atoms with Crippen molar-refractivity contribution in [1.82, 2.24) is 9.36 Å². The average molecular weight is 441 g/mol. The number of anilines is 1. The molecule has 7 heteroatoms. The summed E-state index contributed by atoms with van der Waals surface area (Å²) >= 11 is 1.53. The first-order valence-corrected chi connectivity index (χ1v) is 11.0. The van der Waals surface area contributed by atoms with E-state index in [4.69, 9.17) is 0 Å². The number of para-hydroxylation sites is 1. The Morgan fingerprint density at radius 3 is 2.25 bits per heavy atom. The van der Waals surface area contributed by atoms with E-state index in [2.05, 4.69) is 4.99 Å². The third-order valence-electron chi connectivity index (χ3n) is 5.46. The highest BCUT2D eigenvalue weighted by molar-refractivity contribution is 7.10. The number of hydrogen-bond donors (Lipinski definition) is 0. The summed E-state index contributed by atoms with van der Waals surface area (Å²) in [5, 5.41) is 1.95. The van der Waals surface area contributed by atoms with E-state index in [-0.39, 0.29) is 11.5 Å². The Labute approximate surface area is 189 Å². The van der Waals surface area contributed by atoms with Gasteiger partial charge in [-0.3, -0.25) is 19.2 Å². The fourth-order valence-electron chi connectivity index (χ4n) is 3.82. The molecule has 1 amide bonds. The topological polar surface area (TPSA) is 59.6 Å². The molecule has 1 aliphatic rings. The number of aliphatic imine (C=N–C) groups is 1. The third-order valence-corrected chi connectivity index (χ3v) is 6.28. The first-order valence-electron chi connectivity index (χ1n) is 10.1. The first-order chi connectivity index (χ1) is 15.6. The van der Waals surface area contributed by atoms with Gasteiger partial charge in [0.1, 0.15) is 17.2 Å². The first kappa shape index (κ1) is 20.0. The fraction of sp³-hybridized carbons (Fsp3) is 0.0800. The number of carbonyl (C=O) groups is 1. The van der Waals surface area contributed by atoms with Crippen LogP contribution in [0.15, 0.2) is 93.7 Å². The van der Waals surface area contributed by atoms with Crippen molar-refractivity contribution < 1.29 is 4.79 Å². The maximum Gasteiger partial charge on any atom is 0.296 e. The van der Waals surface area contributed by atoms with Crippen LogP contribution in [0.2, 0.25) is 0 Å². The minimum atomic E-state index is -0.316. The number of amidine groups is 1. The predicted octanol–water partition coefficient (Wildman–Crippen LogP) is 4.38. The van der Waals surface area contributed by atoms with Gasteiger partial charge in [-0.2, -0.15) is 0 Å². The van der Waals surface area contributed by atoms with Gasteiger partial charge in [0.05, 0.1) is 11.4 Å². The Balaban J connectivity index is 1.71. The summed E-state index contributed by atoms with van der Waals surface area (Å²) in [6.07, 6.45) is 1.77. The van der Waals surface area contributed by atoms with Crippen molar-refractivity contribution in [1.29, 1.82) is 0 Å². The molecule has 0 N–H and O–H groups in total. The van der Waals surface area contributed by atoms with Gasteiger partial charge >= 0.3 is 0 Å². The fourth-order valence-corrected chi connectivity index (χ4v) is 4.48. The van der Waals surface area contributed by atoms with Crippen molar-refractivity contribution in [3.63, 3.8) is 0 Å². The molecule has 32 heavy (non-hydrogen) atoms. The molecule has 0 bridgehead atoms. The molecule has 6 nitrogen and oxygen atoms in total. The minimum absolute atomic E-state index is 0.273. The van der Waals surface area contributed by atoms with Gasteiger partial charge in [-0.15, -0.1) is 11.3 Å². The second kappa shape index (κ2) is 7.94. The van der Waals surface area contributed by atoms with Crippen LogP contribution >= 0.6 is 11.3 Å². The quantitative estimate of drug-likeness (QED) is 0.442. The standard InChI is InChI=1S/C25H20N4O2S/c1-17-22(25(31)29(27(17)2)19-12-7-4-8-13-19)28-23(18-10-5-3-6-11-18)26-21(24(28)30)16-20-14-9-15-32-20/h3-16H,1-2H3. The molecule has 0 saturated heterocycles. The van der Waals surface area contributed by atoms with E-state index in [1.165, 1.54) is 16.2 Å². The van der Waals surface area contributed by atoms with Crippen LogP contribution in [-0.4, -0.2) is 21.1 Å². The molecule has 158 valence electrons. The molecule has 1 aliphatic heterocycles. The molecule has 5 rings (SSSR count). The van der Waals surface area contributed by atoms with Crippen molar-refractivity contribution in [2.45, 2.75) is 6.92 Å². The zero-order valence-corrected chi connectivity index (χ0v) is 18.4. The Hall–Kier alpha value is -3.97. The molecule has 2 aromatic heterocycles. The molecule has 0 unspecified atom stereocenters. The van der Waals surface area contributed by atoms with Crippen LogP contribution in [0.4, 0.5) is 5.69 Å². The molecule has 0 radical (unpaired) electrons. The summed E-state index contributed by atoms with van der Waals surface area (Å²) in [5.74, 6) is 0.132. The van der Waals surface area contributed by atoms with Gasteiger partial charge in [-0.25, -0.2) is 9.67 Å². The van der Waals surface area contributed by atoms with Gasteiger partial charge in [0.25, 0.3) is 11.5 Å². The maximum absolute atomic E-state index is 13.6. The second-order valence-corrected chi connectivity index (χ2v) is 8.38. The van der Waals surface area contributed by atoms with E-state index in [1.54, 1.807) is 15.4 Å². The van der Waals surface area contributed by atoms with Crippen molar-refractivity contribution in [2.75, 3.05) is 4.90 Å². The maximum atomic E-state index is 13.6. The van der Waals surface area contributed by atoms with E-state index < -0.39 is 0 Å². The lowest BCUT2D eigenvalue weighted by Gasteiger charge is -2.17. The van der Waals surface area contributed by atoms with Crippen LogP contribution in [0.25, 0.3) is 11.8 Å². The normalized spacial score (nSPS) is 14.9. The monoisotopic (exact) mass is 440 g/mol. The van der Waals surface area contributed by atoms with Crippen LogP contribution in [0.1, 0.15) is 16.1 Å². The largest absolute Gasteiger partial charge is 0.296 e. The molecular weight excluding hydrogens is 420 g/mol. The molecule has 4 aromatic rings. The average Bonchev–Trinajstić information content (AvgIpc) is 3.49. The molecule has 0 aliphatic carbocycles. The predicted molar refractivity (Wildman–Crippen MR) is 129 cm³/mol. The number of rotatable bonds is 4. The summed E-state index contributed by atoms with van der Waals surface area (Å²) in [5.41, 5.74) is 2.51. The second-order valence-electron chi connectivity index (χ2n) is 7.40. The zero-order chi connectivity index (χ0) is 22.2. The summed E-state index contributed by atoms with van der Waals surface area (Å²) in [6, 6.07) is 22.7. The molecule has 2 aromatic carbocycles. The Morgan fingerprint density at radius 1 is 0.906 bits per heavy atom. The highest BCUT2D eigenvalue weighted by Gasteiger charge is 2.37. The van der Waals surface area contributed by atoms with Gasteiger partial charge in [-0.05, 0) is 36.6 Å². The smallest absolute Gasteiger partial charge is 0.283 e. The molecule has 0 saturated carbocycles. The molecule has 0 atom stereocenters. The summed E-state index contributed by atoms with van der Waals surface area (Å²) < 4.78 is 3.34. The highest BCUT2D eigenvalue weighted by atomic mass is 32.1. The molecule has 3 heterocycles. The molecular formula is C25H20N4O2S. The SMILES string of the molecule is Cc1c(N2C(=O)C(=Cc3cccs3)N=C2c2ccccc2)c(=O)n(-c2ccccc2)n1C. The highest BCUT2D eigenvalue weighted by Crippen LogP contribution is 2.29. The lowest BCUT2D eigenvalue weighted by atomic mass is 10.2. The molecule has 0 spiro atoms. The number of carbonyl (C=O) groups excluding carboxylic acids is 1. The third kappa shape index (κ3) is 3.23. The Kier molecular flexibility index (Phi) is 4.95. The summed E-state index contributed by atoms with van der Waals surface area (Å²) in [6.45, 7) is 1.84. The van der Waals surface area contributed by atoms with Gasteiger partial charge in [0, 0.05) is 17.5 Å². The number of hydrogen-bond acceptors (Lipinski definition) is 4. The van der Waals surface area contributed by atoms with Crippen molar-refractivity contribution in [3.05, 3.63) is 110 Å². The van der Waals surface area contributed by atoms with Gasteiger partial charge in [0.2, 0.25) is 0 Å². The minimum Gasteiger partial charge on any atom is -0.283 e. The van der Waals surface area contributed by atoms with E-state index in [0.717, 1.165) is 16.1 Å². The zero-order valence-electron chi connectivity index (χ0n) is 17.6. The van der Waals surface area contributed by atoms with Gasteiger partial charge < -0.3 is 0 Å². The van der Waals surface area contributed by atoms with E-state index in [1.807, 2.05) is 92.1 Å². The van der Waals surface area contributed by atoms with Crippen LogP contribution < -0.4 is 10.5 Å². The Morgan fingerprint density at radius 2 is 1.59 bits per heavy atom. The summed E-state index contributed by atoms with van der Waals surface area (Å²) in [4.78, 5) is 34.2. The van der Waals surface area contributed by atoms with Crippen LogP contribution in [0.3, 0.4) is 0 Å². The number of aromatic nitrogens is 2. The van der Waals surface area contributed by atoms with Crippen LogP contribution in [-0.2, 0) is 11.8 Å². The van der Waals surface area contributed by atoms with E-state index in [0.29, 0.717) is 22.9 Å². The van der Waals surface area contributed by atoms with Crippen molar-refractivity contribution in [3.8, 4) is 5.69 Å². The van der Waals surface area contributed by atoms with Gasteiger partial charge in [0.15, 0.2) is 0 Å². The number of benzene rings is 2. The Bertz CT molecular complexity index is 1410. The van der Waals surface area contributed by atoms with Crippen molar-refractivity contribution >= 4 is 34.8 Å². The van der Waals surface area contributed by atoms with E-state index in [9.17, 15) is 9.59 Å². The number of nitrogens with zero attached hydrogens (tertiary/aromatic N) is 4. The van der Waals surface area contributed by atoms with E-state index >= 15 is 0 Å². The lowest BCUT2D eigenvalue weighted by Crippen LogP contribution is -2.36. The lowest BCUT2D eigenvalue weighted by molar-refractivity contribution is -0.113. The summed E-state index contributed by atoms with van der Waals surface area (Å²) in [7, 11) is 1.81. The van der Waals surface area contributed by atoms with Crippen LogP contribution in [0.5, 0.6) is 0 Å². The van der Waals surface area contributed by atoms with Crippen molar-refractivity contribution in [2.24, 2.45) is 12.0 Å².